The summed E-state index contributed by atoms with van der Waals surface area (Å²) in [4.78, 5) is 25.0. The van der Waals surface area contributed by atoms with Crippen LogP contribution in [0.4, 0.5) is 0 Å². The predicted octanol–water partition coefficient (Wildman–Crippen LogP) is 2.60. The summed E-state index contributed by atoms with van der Waals surface area (Å²) in [7, 11) is 1.59. The van der Waals surface area contributed by atoms with Gasteiger partial charge in [-0.2, -0.15) is 10.1 Å². The van der Waals surface area contributed by atoms with Crippen LogP contribution in [-0.2, 0) is 9.59 Å². The van der Waals surface area contributed by atoms with E-state index < -0.39 is 0 Å². The van der Waals surface area contributed by atoms with E-state index in [2.05, 4.69) is 33.2 Å². The van der Waals surface area contributed by atoms with Gasteiger partial charge in [0.25, 0.3) is 11.8 Å². The molecule has 1 aromatic rings. The van der Waals surface area contributed by atoms with Crippen LogP contribution < -0.4 is 4.74 Å². The number of allylic oxidation sites excluding steroid dienone is 2. The molecule has 0 unspecified atom stereocenters. The Labute approximate surface area is 142 Å². The minimum Gasteiger partial charge on any atom is -0.496 e. The Morgan fingerprint density at radius 3 is 2.43 bits per heavy atom. The van der Waals surface area contributed by atoms with Crippen molar-refractivity contribution in [3.8, 4) is 5.75 Å². The number of methoxy groups -OCH3 is 1. The topological polar surface area (TPSA) is 59.0 Å². The molecule has 1 saturated carbocycles. The summed E-state index contributed by atoms with van der Waals surface area (Å²) in [5.74, 6) is 0.372. The van der Waals surface area contributed by atoms with E-state index in [0.717, 1.165) is 21.5 Å². The molecule has 4 atom stereocenters. The van der Waals surface area contributed by atoms with Gasteiger partial charge in [0.15, 0.2) is 0 Å². The molecular weight excluding hydrogens is 360 g/mol. The van der Waals surface area contributed by atoms with Crippen molar-refractivity contribution in [1.82, 2.24) is 5.01 Å². The van der Waals surface area contributed by atoms with Gasteiger partial charge < -0.3 is 4.74 Å². The average molecular weight is 375 g/mol. The highest BCUT2D eigenvalue weighted by Gasteiger charge is 2.59. The van der Waals surface area contributed by atoms with Crippen LogP contribution in [0.15, 0.2) is 39.9 Å². The number of fused-ring (bicyclic) bond motifs is 5. The van der Waals surface area contributed by atoms with Gasteiger partial charge >= 0.3 is 0 Å². The number of rotatable bonds is 3. The number of hydrazone groups is 1. The van der Waals surface area contributed by atoms with Crippen LogP contribution in [0.1, 0.15) is 12.0 Å². The molecule has 0 spiro atoms. The van der Waals surface area contributed by atoms with Crippen LogP contribution in [-0.4, -0.2) is 30.1 Å². The maximum Gasteiger partial charge on any atom is 0.254 e. The lowest BCUT2D eigenvalue weighted by atomic mass is 9.85. The third-order valence-electron chi connectivity index (χ3n) is 4.95. The summed E-state index contributed by atoms with van der Waals surface area (Å²) in [6, 6.07) is 5.46. The fourth-order valence-corrected chi connectivity index (χ4v) is 4.45. The molecule has 118 valence electrons. The smallest absolute Gasteiger partial charge is 0.254 e. The van der Waals surface area contributed by atoms with Gasteiger partial charge in [-0.3, -0.25) is 9.59 Å². The summed E-state index contributed by atoms with van der Waals surface area (Å²) in [5, 5.41) is 5.21. The number of amides is 2. The van der Waals surface area contributed by atoms with Gasteiger partial charge in [0, 0.05) is 0 Å². The van der Waals surface area contributed by atoms with Crippen molar-refractivity contribution >= 4 is 34.0 Å². The van der Waals surface area contributed by atoms with Crippen molar-refractivity contribution in [3.05, 3.63) is 40.4 Å². The molecule has 1 heterocycles. The van der Waals surface area contributed by atoms with E-state index in [1.807, 2.05) is 12.1 Å². The number of carbonyl (C=O) groups is 2. The number of benzene rings is 1. The number of imide groups is 1. The minimum absolute atomic E-state index is 0.166. The molecule has 5 nitrogen and oxygen atoms in total. The number of nitrogens with zero attached hydrogens (tertiary/aromatic N) is 2. The summed E-state index contributed by atoms with van der Waals surface area (Å²) in [6.07, 6.45) is 6.61. The summed E-state index contributed by atoms with van der Waals surface area (Å²) in [5.41, 5.74) is 0.788. The van der Waals surface area contributed by atoms with Crippen molar-refractivity contribution in [2.24, 2.45) is 28.8 Å². The first-order valence-corrected chi connectivity index (χ1v) is 8.33. The van der Waals surface area contributed by atoms with E-state index in [-0.39, 0.29) is 35.5 Å². The SMILES string of the molecule is COc1ccc(/C=N\N2C(=O)[C@@H]3[C@@H](C2=O)[C@H]2C=C[C@@H]3C2)cc1Br. The number of hydrogen-bond acceptors (Lipinski definition) is 4. The molecule has 2 amide bonds. The van der Waals surface area contributed by atoms with Crippen molar-refractivity contribution in [2.45, 2.75) is 6.42 Å². The third-order valence-corrected chi connectivity index (χ3v) is 5.56. The summed E-state index contributed by atoms with van der Waals surface area (Å²) < 4.78 is 5.97. The van der Waals surface area contributed by atoms with Gasteiger partial charge in [-0.25, -0.2) is 0 Å². The fourth-order valence-electron chi connectivity index (χ4n) is 3.89. The molecule has 1 aromatic carbocycles. The van der Waals surface area contributed by atoms with Crippen LogP contribution in [0.25, 0.3) is 0 Å². The minimum atomic E-state index is -0.211. The zero-order valence-corrected chi connectivity index (χ0v) is 14.1. The Bertz CT molecular complexity index is 728. The van der Waals surface area contributed by atoms with Gasteiger partial charge in [0.2, 0.25) is 0 Å². The molecule has 6 heteroatoms. The molecule has 1 aliphatic heterocycles. The van der Waals surface area contributed by atoms with Crippen LogP contribution in [0.3, 0.4) is 0 Å². The van der Waals surface area contributed by atoms with Crippen LogP contribution in [0, 0.1) is 23.7 Å². The van der Waals surface area contributed by atoms with E-state index in [9.17, 15) is 9.59 Å². The Kier molecular flexibility index (Phi) is 3.37. The van der Waals surface area contributed by atoms with E-state index in [1.54, 1.807) is 13.2 Å². The highest BCUT2D eigenvalue weighted by atomic mass is 79.9. The predicted molar refractivity (Wildman–Crippen MR) is 87.9 cm³/mol. The van der Waals surface area contributed by atoms with Gasteiger partial charge in [-0.15, -0.1) is 0 Å². The molecule has 23 heavy (non-hydrogen) atoms. The standard InChI is InChI=1S/C17H15BrN2O3/c1-23-13-5-2-9(6-12(13)18)8-19-20-16(21)14-10-3-4-11(7-10)15(14)17(20)22/h2-6,8,10-11,14-15H,7H2,1H3/b19-8-/t10-,11+,14-,15-/m0/s1. The maximum absolute atomic E-state index is 12.5. The Morgan fingerprint density at radius 1 is 1.22 bits per heavy atom. The molecule has 2 aliphatic carbocycles. The quantitative estimate of drug-likeness (QED) is 0.464. The lowest BCUT2D eigenvalue weighted by Gasteiger charge is -2.13. The maximum atomic E-state index is 12.5. The molecule has 1 saturated heterocycles. The Morgan fingerprint density at radius 2 is 1.87 bits per heavy atom. The summed E-state index contributed by atoms with van der Waals surface area (Å²) in [6.45, 7) is 0. The van der Waals surface area contributed by atoms with E-state index in [1.165, 1.54) is 6.21 Å². The molecule has 0 aromatic heterocycles. The lowest BCUT2D eigenvalue weighted by Crippen LogP contribution is -2.28. The molecule has 3 aliphatic rings. The zero-order valence-electron chi connectivity index (χ0n) is 12.5. The monoisotopic (exact) mass is 374 g/mol. The second-order valence-electron chi connectivity index (χ2n) is 6.13. The van der Waals surface area contributed by atoms with Gasteiger partial charge in [0.1, 0.15) is 5.75 Å². The van der Waals surface area contributed by atoms with Gasteiger partial charge in [-0.1, -0.05) is 12.2 Å². The van der Waals surface area contributed by atoms with Crippen molar-refractivity contribution in [2.75, 3.05) is 7.11 Å². The van der Waals surface area contributed by atoms with Gasteiger partial charge in [0.05, 0.1) is 29.6 Å². The molecule has 0 radical (unpaired) electrons. The highest BCUT2D eigenvalue weighted by molar-refractivity contribution is 9.10. The molecule has 2 fully saturated rings. The van der Waals surface area contributed by atoms with Crippen molar-refractivity contribution in [1.29, 1.82) is 0 Å². The number of hydrogen-bond donors (Lipinski definition) is 0. The third kappa shape index (κ3) is 2.16. The summed E-state index contributed by atoms with van der Waals surface area (Å²) >= 11 is 3.41. The Hall–Kier alpha value is -1.95. The number of halogens is 1. The average Bonchev–Trinajstić information content (AvgIpc) is 3.21. The second-order valence-corrected chi connectivity index (χ2v) is 6.98. The normalized spacial score (nSPS) is 31.5. The van der Waals surface area contributed by atoms with Crippen LogP contribution in [0.5, 0.6) is 5.75 Å². The highest BCUT2D eigenvalue weighted by Crippen LogP contribution is 2.52. The molecular formula is C17H15BrN2O3. The van der Waals surface area contributed by atoms with Gasteiger partial charge in [-0.05, 0) is 57.9 Å². The van der Waals surface area contributed by atoms with E-state index >= 15 is 0 Å². The Balaban J connectivity index is 1.57. The van der Waals surface area contributed by atoms with E-state index in [4.69, 9.17) is 4.74 Å². The molecule has 4 rings (SSSR count). The fraction of sp³-hybridized carbons (Fsp3) is 0.353. The first kappa shape index (κ1) is 14.6. The molecule has 0 N–H and O–H groups in total. The lowest BCUT2D eigenvalue weighted by molar-refractivity contribution is -0.140. The van der Waals surface area contributed by atoms with E-state index in [0.29, 0.717) is 5.75 Å². The number of ether oxygens (including phenoxy) is 1. The second kappa shape index (κ2) is 5.30. The largest absolute Gasteiger partial charge is 0.496 e. The first-order valence-electron chi connectivity index (χ1n) is 7.54. The zero-order chi connectivity index (χ0) is 16.1. The molecule has 2 bridgehead atoms. The van der Waals surface area contributed by atoms with Crippen molar-refractivity contribution < 1.29 is 14.3 Å². The first-order chi connectivity index (χ1) is 11.1. The van der Waals surface area contributed by atoms with Crippen molar-refractivity contribution in [3.63, 3.8) is 0 Å². The van der Waals surface area contributed by atoms with Crippen LogP contribution in [0.2, 0.25) is 0 Å². The number of carbonyl (C=O) groups excluding carboxylic acids is 2. The van der Waals surface area contributed by atoms with Crippen LogP contribution >= 0.6 is 15.9 Å².